The molecule has 0 aliphatic rings. The van der Waals surface area contributed by atoms with Crippen LogP contribution in [0.3, 0.4) is 0 Å². The van der Waals surface area contributed by atoms with Crippen LogP contribution in [-0.4, -0.2) is 15.0 Å². The van der Waals surface area contributed by atoms with Gasteiger partial charge in [0.25, 0.3) is 0 Å². The number of aryl methyl sites for hydroxylation is 1. The number of rotatable bonds is 1. The Morgan fingerprint density at radius 1 is 1.14 bits per heavy atom. The molecule has 0 aliphatic carbocycles. The van der Waals surface area contributed by atoms with Crippen LogP contribution in [0.25, 0.3) is 11.4 Å². The second kappa shape index (κ2) is 3.41. The second-order valence-electron chi connectivity index (χ2n) is 2.97. The fourth-order valence-corrected chi connectivity index (χ4v) is 1.24. The molecule has 70 valence electrons. The lowest BCUT2D eigenvalue weighted by molar-refractivity contribution is 1.11. The molecule has 0 unspecified atom stereocenters. The second-order valence-corrected chi connectivity index (χ2v) is 2.97. The minimum absolute atomic E-state index is 0.283. The average molecular weight is 186 g/mol. The van der Waals surface area contributed by atoms with Crippen molar-refractivity contribution in [1.82, 2.24) is 15.0 Å². The summed E-state index contributed by atoms with van der Waals surface area (Å²) in [5.41, 5.74) is 7.96. The van der Waals surface area contributed by atoms with E-state index < -0.39 is 0 Å². The lowest BCUT2D eigenvalue weighted by atomic mass is 10.2. The third kappa shape index (κ3) is 1.69. The van der Waals surface area contributed by atoms with Crippen LogP contribution in [0.4, 0.5) is 5.95 Å². The van der Waals surface area contributed by atoms with Gasteiger partial charge in [-0.15, -0.1) is 0 Å². The van der Waals surface area contributed by atoms with Crippen LogP contribution in [-0.2, 0) is 0 Å². The molecule has 2 aromatic rings. The normalized spacial score (nSPS) is 10.1. The molecule has 2 N–H and O–H groups in total. The van der Waals surface area contributed by atoms with Crippen molar-refractivity contribution >= 4 is 5.95 Å². The standard InChI is InChI=1S/C10H10N4/c1-7-6-9(14-10(11)13-7)8-4-2-3-5-12-8/h2-6H,1H3,(H2,11,13,14). The molecular formula is C10H10N4. The number of anilines is 1. The van der Waals surface area contributed by atoms with Crippen molar-refractivity contribution in [2.75, 3.05) is 5.73 Å². The molecule has 0 aliphatic heterocycles. The Hall–Kier alpha value is -1.97. The SMILES string of the molecule is Cc1cc(-c2ccccn2)nc(N)n1. The van der Waals surface area contributed by atoms with Gasteiger partial charge in [0.15, 0.2) is 0 Å². The summed E-state index contributed by atoms with van der Waals surface area (Å²) in [5, 5.41) is 0. The zero-order valence-corrected chi connectivity index (χ0v) is 7.81. The Bertz CT molecular complexity index is 419. The van der Waals surface area contributed by atoms with Crippen molar-refractivity contribution in [2.24, 2.45) is 0 Å². The van der Waals surface area contributed by atoms with Gasteiger partial charge in [0.1, 0.15) is 0 Å². The van der Waals surface area contributed by atoms with E-state index in [2.05, 4.69) is 15.0 Å². The molecule has 0 fully saturated rings. The van der Waals surface area contributed by atoms with E-state index in [1.807, 2.05) is 31.2 Å². The van der Waals surface area contributed by atoms with E-state index in [1.54, 1.807) is 6.20 Å². The summed E-state index contributed by atoms with van der Waals surface area (Å²) in [6, 6.07) is 7.52. The first kappa shape index (κ1) is 8.62. The largest absolute Gasteiger partial charge is 0.368 e. The highest BCUT2D eigenvalue weighted by Gasteiger charge is 2.02. The van der Waals surface area contributed by atoms with Crippen LogP contribution >= 0.6 is 0 Å². The minimum atomic E-state index is 0.283. The Kier molecular flexibility index (Phi) is 2.10. The molecule has 4 heteroatoms. The molecule has 0 saturated heterocycles. The van der Waals surface area contributed by atoms with E-state index in [0.717, 1.165) is 17.1 Å². The molecule has 0 atom stereocenters. The lowest BCUT2D eigenvalue weighted by Crippen LogP contribution is -1.98. The predicted molar refractivity (Wildman–Crippen MR) is 54.4 cm³/mol. The average Bonchev–Trinajstić information content (AvgIpc) is 2.18. The monoisotopic (exact) mass is 186 g/mol. The molecule has 0 bridgehead atoms. The van der Waals surface area contributed by atoms with E-state index in [9.17, 15) is 0 Å². The Balaban J connectivity index is 2.52. The van der Waals surface area contributed by atoms with Crippen molar-refractivity contribution in [2.45, 2.75) is 6.92 Å². The van der Waals surface area contributed by atoms with Crippen molar-refractivity contribution in [1.29, 1.82) is 0 Å². The number of aromatic nitrogens is 3. The highest BCUT2D eigenvalue weighted by Crippen LogP contribution is 2.14. The third-order valence-electron chi connectivity index (χ3n) is 1.80. The number of hydrogen-bond donors (Lipinski definition) is 1. The topological polar surface area (TPSA) is 64.7 Å². The van der Waals surface area contributed by atoms with Crippen molar-refractivity contribution < 1.29 is 0 Å². The number of nitrogens with two attached hydrogens (primary N) is 1. The predicted octanol–water partition coefficient (Wildman–Crippen LogP) is 1.43. The van der Waals surface area contributed by atoms with Crippen LogP contribution < -0.4 is 5.73 Å². The van der Waals surface area contributed by atoms with Gasteiger partial charge >= 0.3 is 0 Å². The van der Waals surface area contributed by atoms with Crippen molar-refractivity contribution in [3.05, 3.63) is 36.2 Å². The maximum atomic E-state index is 5.55. The van der Waals surface area contributed by atoms with Crippen molar-refractivity contribution in [3.8, 4) is 11.4 Å². The summed E-state index contributed by atoms with van der Waals surface area (Å²) in [6.45, 7) is 1.88. The Morgan fingerprint density at radius 2 is 2.00 bits per heavy atom. The third-order valence-corrected chi connectivity index (χ3v) is 1.80. The molecule has 14 heavy (non-hydrogen) atoms. The summed E-state index contributed by atoms with van der Waals surface area (Å²) in [5.74, 6) is 0.283. The van der Waals surface area contributed by atoms with Gasteiger partial charge in [-0.3, -0.25) is 4.98 Å². The maximum Gasteiger partial charge on any atom is 0.220 e. The van der Waals surface area contributed by atoms with Gasteiger partial charge in [-0.25, -0.2) is 9.97 Å². The number of hydrogen-bond acceptors (Lipinski definition) is 4. The minimum Gasteiger partial charge on any atom is -0.368 e. The van der Waals surface area contributed by atoms with Crippen LogP contribution in [0, 0.1) is 6.92 Å². The molecule has 0 spiro atoms. The fraction of sp³-hybridized carbons (Fsp3) is 0.100. The summed E-state index contributed by atoms with van der Waals surface area (Å²) < 4.78 is 0. The lowest BCUT2D eigenvalue weighted by Gasteiger charge is -2.01. The van der Waals surface area contributed by atoms with Crippen molar-refractivity contribution in [3.63, 3.8) is 0 Å². The Labute approximate surface area is 81.9 Å². The smallest absolute Gasteiger partial charge is 0.220 e. The van der Waals surface area contributed by atoms with Gasteiger partial charge in [0, 0.05) is 11.9 Å². The summed E-state index contributed by atoms with van der Waals surface area (Å²) >= 11 is 0. The van der Waals surface area contributed by atoms with Gasteiger partial charge in [-0.1, -0.05) is 6.07 Å². The molecule has 2 aromatic heterocycles. The van der Waals surface area contributed by atoms with Gasteiger partial charge < -0.3 is 5.73 Å². The van der Waals surface area contributed by atoms with Crippen LogP contribution in [0.2, 0.25) is 0 Å². The number of pyridine rings is 1. The molecule has 0 saturated carbocycles. The summed E-state index contributed by atoms with van der Waals surface area (Å²) in [6.07, 6.45) is 1.73. The van der Waals surface area contributed by atoms with Crippen LogP contribution in [0.1, 0.15) is 5.69 Å². The first-order valence-corrected chi connectivity index (χ1v) is 4.28. The summed E-state index contributed by atoms with van der Waals surface area (Å²) in [4.78, 5) is 12.3. The van der Waals surface area contributed by atoms with E-state index in [-0.39, 0.29) is 5.95 Å². The highest BCUT2D eigenvalue weighted by molar-refractivity contribution is 5.55. The molecule has 0 radical (unpaired) electrons. The quantitative estimate of drug-likeness (QED) is 0.731. The Morgan fingerprint density at radius 3 is 2.64 bits per heavy atom. The molecule has 0 amide bonds. The van der Waals surface area contributed by atoms with Gasteiger partial charge in [-0.2, -0.15) is 0 Å². The fourth-order valence-electron chi connectivity index (χ4n) is 1.24. The zero-order valence-electron chi connectivity index (χ0n) is 7.81. The summed E-state index contributed by atoms with van der Waals surface area (Å²) in [7, 11) is 0. The van der Waals surface area contributed by atoms with Crippen LogP contribution in [0.15, 0.2) is 30.5 Å². The molecule has 0 aromatic carbocycles. The van der Waals surface area contributed by atoms with E-state index in [1.165, 1.54) is 0 Å². The van der Waals surface area contributed by atoms with E-state index in [0.29, 0.717) is 0 Å². The van der Waals surface area contributed by atoms with Gasteiger partial charge in [0.2, 0.25) is 5.95 Å². The molecule has 2 rings (SSSR count). The van der Waals surface area contributed by atoms with E-state index >= 15 is 0 Å². The van der Waals surface area contributed by atoms with Gasteiger partial charge in [0.05, 0.1) is 11.4 Å². The maximum absolute atomic E-state index is 5.55. The number of nitrogen functional groups attached to an aromatic ring is 1. The molecule has 2 heterocycles. The van der Waals surface area contributed by atoms with E-state index in [4.69, 9.17) is 5.73 Å². The highest BCUT2D eigenvalue weighted by atomic mass is 15.0. The van der Waals surface area contributed by atoms with Gasteiger partial charge in [-0.05, 0) is 25.1 Å². The first-order chi connectivity index (χ1) is 6.75. The zero-order chi connectivity index (χ0) is 9.97. The molecule has 4 nitrogen and oxygen atoms in total. The van der Waals surface area contributed by atoms with Crippen LogP contribution in [0.5, 0.6) is 0 Å². The first-order valence-electron chi connectivity index (χ1n) is 4.28. The molecular weight excluding hydrogens is 176 g/mol. The number of nitrogens with zero attached hydrogens (tertiary/aromatic N) is 3.